The van der Waals surface area contributed by atoms with Crippen LogP contribution in [-0.2, 0) is 4.79 Å². The van der Waals surface area contributed by atoms with E-state index < -0.39 is 18.0 Å². The van der Waals surface area contributed by atoms with Gasteiger partial charge in [0.25, 0.3) is 0 Å². The van der Waals surface area contributed by atoms with Crippen LogP contribution >= 0.6 is 11.6 Å². The molecule has 106 valence electrons. The monoisotopic (exact) mass is 285 g/mol. The molecule has 0 aliphatic heterocycles. The summed E-state index contributed by atoms with van der Waals surface area (Å²) >= 11 is 5.73. The van der Waals surface area contributed by atoms with Gasteiger partial charge in [-0.3, -0.25) is 4.79 Å². The van der Waals surface area contributed by atoms with Crippen molar-refractivity contribution in [2.24, 2.45) is 11.8 Å². The van der Waals surface area contributed by atoms with Crippen LogP contribution in [0, 0.1) is 11.8 Å². The van der Waals surface area contributed by atoms with Crippen LogP contribution < -0.4 is 5.32 Å². The number of rotatable bonds is 4. The van der Waals surface area contributed by atoms with Crippen molar-refractivity contribution in [3.8, 4) is 0 Å². The Bertz CT molecular complexity index is 281. The fraction of sp³-hybridized carbons (Fsp3) is 0.917. The minimum atomic E-state index is -4.18. The lowest BCUT2D eigenvalue weighted by Gasteiger charge is -2.29. The summed E-state index contributed by atoms with van der Waals surface area (Å²) in [6, 6.07) is 0. The minimum Gasteiger partial charge on any atom is -0.356 e. The molecule has 0 aromatic rings. The molecule has 0 aromatic carbocycles. The number of amides is 1. The molecule has 2 nitrogen and oxygen atoms in total. The Labute approximate surface area is 110 Å². The van der Waals surface area contributed by atoms with E-state index >= 15 is 0 Å². The van der Waals surface area contributed by atoms with Crippen molar-refractivity contribution in [2.75, 3.05) is 6.54 Å². The van der Waals surface area contributed by atoms with Crippen LogP contribution in [0.4, 0.5) is 13.2 Å². The van der Waals surface area contributed by atoms with E-state index in [4.69, 9.17) is 11.6 Å². The van der Waals surface area contributed by atoms with E-state index in [1.165, 1.54) is 0 Å². The minimum absolute atomic E-state index is 0.0421. The molecule has 3 unspecified atom stereocenters. The lowest BCUT2D eigenvalue weighted by atomic mass is 9.80. The molecule has 0 saturated heterocycles. The Morgan fingerprint density at radius 2 is 2.11 bits per heavy atom. The lowest BCUT2D eigenvalue weighted by molar-refractivity contribution is -0.186. The Balaban J connectivity index is 2.39. The Morgan fingerprint density at radius 3 is 2.67 bits per heavy atom. The van der Waals surface area contributed by atoms with E-state index in [2.05, 4.69) is 5.32 Å². The molecule has 0 aromatic heterocycles. The van der Waals surface area contributed by atoms with Gasteiger partial charge in [0.2, 0.25) is 5.91 Å². The molecule has 1 N–H and O–H groups in total. The highest BCUT2D eigenvalue weighted by molar-refractivity contribution is 6.20. The van der Waals surface area contributed by atoms with Gasteiger partial charge < -0.3 is 5.32 Å². The summed E-state index contributed by atoms with van der Waals surface area (Å²) in [7, 11) is 0. The molecular formula is C12H19ClF3NO. The third-order valence-corrected chi connectivity index (χ3v) is 3.57. The second kappa shape index (κ2) is 6.64. The second-order valence-electron chi connectivity index (χ2n) is 4.96. The summed E-state index contributed by atoms with van der Waals surface area (Å²) in [5.74, 6) is -2.09. The Hall–Kier alpha value is -0.450. The molecule has 0 bridgehead atoms. The van der Waals surface area contributed by atoms with Crippen LogP contribution in [-0.4, -0.2) is 24.0 Å². The SMILES string of the molecule is CC(Cl)CCNC(=O)C1CCCC(C(F)(F)F)C1. The van der Waals surface area contributed by atoms with Gasteiger partial charge in [-0.15, -0.1) is 11.6 Å². The van der Waals surface area contributed by atoms with Crippen molar-refractivity contribution in [2.45, 2.75) is 50.6 Å². The number of hydrogen-bond donors (Lipinski definition) is 1. The van der Waals surface area contributed by atoms with E-state index in [-0.39, 0.29) is 24.1 Å². The second-order valence-corrected chi connectivity index (χ2v) is 5.71. The van der Waals surface area contributed by atoms with E-state index in [9.17, 15) is 18.0 Å². The van der Waals surface area contributed by atoms with Crippen LogP contribution in [0.3, 0.4) is 0 Å². The summed E-state index contributed by atoms with van der Waals surface area (Å²) in [4.78, 5) is 11.7. The van der Waals surface area contributed by atoms with Crippen molar-refractivity contribution in [1.82, 2.24) is 5.32 Å². The summed E-state index contributed by atoms with van der Waals surface area (Å²) in [5.41, 5.74) is 0. The molecule has 1 amide bonds. The first kappa shape index (κ1) is 15.6. The summed E-state index contributed by atoms with van der Waals surface area (Å²) < 4.78 is 37.8. The predicted molar refractivity (Wildman–Crippen MR) is 64.4 cm³/mol. The maximum absolute atomic E-state index is 12.6. The van der Waals surface area contributed by atoms with Gasteiger partial charge >= 0.3 is 6.18 Å². The van der Waals surface area contributed by atoms with Crippen molar-refractivity contribution < 1.29 is 18.0 Å². The normalized spacial score (nSPS) is 26.7. The maximum atomic E-state index is 12.6. The average Bonchev–Trinajstić information content (AvgIpc) is 2.27. The molecule has 1 fully saturated rings. The first-order valence-electron chi connectivity index (χ1n) is 6.29. The number of hydrogen-bond acceptors (Lipinski definition) is 1. The number of halogens is 4. The highest BCUT2D eigenvalue weighted by Crippen LogP contribution is 2.39. The third kappa shape index (κ3) is 5.04. The van der Waals surface area contributed by atoms with Gasteiger partial charge in [-0.1, -0.05) is 6.42 Å². The van der Waals surface area contributed by atoms with Crippen LogP contribution in [0.25, 0.3) is 0 Å². The molecule has 6 heteroatoms. The first-order chi connectivity index (χ1) is 8.30. The molecule has 0 heterocycles. The number of alkyl halides is 4. The lowest BCUT2D eigenvalue weighted by Crippen LogP contribution is -2.38. The van der Waals surface area contributed by atoms with Crippen LogP contribution in [0.15, 0.2) is 0 Å². The molecule has 0 spiro atoms. The average molecular weight is 286 g/mol. The van der Waals surface area contributed by atoms with Gasteiger partial charge in [-0.2, -0.15) is 13.2 Å². The zero-order valence-electron chi connectivity index (χ0n) is 10.4. The highest BCUT2D eigenvalue weighted by atomic mass is 35.5. The molecule has 1 aliphatic rings. The third-order valence-electron chi connectivity index (χ3n) is 3.35. The first-order valence-corrected chi connectivity index (χ1v) is 6.73. The fourth-order valence-electron chi connectivity index (χ4n) is 2.26. The highest BCUT2D eigenvalue weighted by Gasteiger charge is 2.43. The van der Waals surface area contributed by atoms with E-state index in [1.54, 1.807) is 0 Å². The van der Waals surface area contributed by atoms with E-state index in [0.29, 0.717) is 25.8 Å². The predicted octanol–water partition coefficient (Wildman–Crippen LogP) is 3.49. The van der Waals surface area contributed by atoms with Crippen molar-refractivity contribution >= 4 is 17.5 Å². The van der Waals surface area contributed by atoms with Gasteiger partial charge in [-0.25, -0.2) is 0 Å². The number of carbonyl (C=O) groups is 1. The van der Waals surface area contributed by atoms with Crippen LogP contribution in [0.2, 0.25) is 0 Å². The quantitative estimate of drug-likeness (QED) is 0.787. The summed E-state index contributed by atoms with van der Waals surface area (Å²) in [5, 5.41) is 2.62. The van der Waals surface area contributed by atoms with Crippen molar-refractivity contribution in [1.29, 1.82) is 0 Å². The molecule has 18 heavy (non-hydrogen) atoms. The standard InChI is InChI=1S/C12H19ClF3NO/c1-8(13)5-6-17-11(18)9-3-2-4-10(7-9)12(14,15)16/h8-10H,2-7H2,1H3,(H,17,18). The zero-order valence-corrected chi connectivity index (χ0v) is 11.2. The van der Waals surface area contributed by atoms with Gasteiger partial charge in [0.1, 0.15) is 0 Å². The van der Waals surface area contributed by atoms with Crippen molar-refractivity contribution in [3.05, 3.63) is 0 Å². The van der Waals surface area contributed by atoms with Crippen LogP contribution in [0.1, 0.15) is 39.0 Å². The topological polar surface area (TPSA) is 29.1 Å². The van der Waals surface area contributed by atoms with E-state index in [1.807, 2.05) is 6.92 Å². The molecule has 1 rings (SSSR count). The zero-order chi connectivity index (χ0) is 13.8. The number of carbonyl (C=O) groups excluding carboxylic acids is 1. The molecular weight excluding hydrogens is 267 g/mol. The largest absolute Gasteiger partial charge is 0.391 e. The van der Waals surface area contributed by atoms with Crippen molar-refractivity contribution in [3.63, 3.8) is 0 Å². The van der Waals surface area contributed by atoms with Gasteiger partial charge in [0, 0.05) is 17.8 Å². The Morgan fingerprint density at radius 1 is 1.44 bits per heavy atom. The summed E-state index contributed by atoms with van der Waals surface area (Å²) in [6.45, 7) is 2.24. The smallest absolute Gasteiger partial charge is 0.356 e. The fourth-order valence-corrected chi connectivity index (χ4v) is 2.37. The van der Waals surface area contributed by atoms with E-state index in [0.717, 1.165) is 0 Å². The molecule has 1 saturated carbocycles. The maximum Gasteiger partial charge on any atom is 0.391 e. The number of nitrogens with one attached hydrogen (secondary N) is 1. The van der Waals surface area contributed by atoms with Crippen LogP contribution in [0.5, 0.6) is 0 Å². The van der Waals surface area contributed by atoms with Gasteiger partial charge in [0.05, 0.1) is 5.92 Å². The molecule has 1 aliphatic carbocycles. The summed E-state index contributed by atoms with van der Waals surface area (Å²) in [6.07, 6.45) is -2.47. The molecule has 0 radical (unpaired) electrons. The van der Waals surface area contributed by atoms with Gasteiger partial charge in [-0.05, 0) is 32.6 Å². The molecule has 3 atom stereocenters. The Kier molecular flexibility index (Phi) is 5.76. The van der Waals surface area contributed by atoms with Gasteiger partial charge in [0.15, 0.2) is 0 Å².